The monoisotopic (exact) mass is 387 g/mol. The summed E-state index contributed by atoms with van der Waals surface area (Å²) in [5.74, 6) is -0.150. The normalized spacial score (nSPS) is 13.6. The van der Waals surface area contributed by atoms with Crippen LogP contribution in [-0.2, 0) is 9.59 Å². The van der Waals surface area contributed by atoms with Crippen molar-refractivity contribution < 1.29 is 9.59 Å². The van der Waals surface area contributed by atoms with Crippen LogP contribution >= 0.6 is 11.3 Å². The van der Waals surface area contributed by atoms with Crippen molar-refractivity contribution >= 4 is 34.0 Å². The maximum atomic E-state index is 12.5. The van der Waals surface area contributed by atoms with Crippen LogP contribution in [0.4, 0.5) is 10.8 Å². The maximum Gasteiger partial charge on any atom is 0.238 e. The Morgan fingerprint density at radius 2 is 1.93 bits per heavy atom. The van der Waals surface area contributed by atoms with Crippen LogP contribution in [-0.4, -0.2) is 46.0 Å². The quantitative estimate of drug-likeness (QED) is 0.727. The van der Waals surface area contributed by atoms with Crippen molar-refractivity contribution in [1.29, 1.82) is 0 Å². The summed E-state index contributed by atoms with van der Waals surface area (Å²) in [6, 6.07) is 6.40. The number of rotatable bonds is 8. The third-order valence-electron chi connectivity index (χ3n) is 4.48. The first-order chi connectivity index (χ1) is 12.9. The number of anilines is 2. The van der Waals surface area contributed by atoms with Gasteiger partial charge in [-0.15, -0.1) is 10.2 Å². The van der Waals surface area contributed by atoms with E-state index in [-0.39, 0.29) is 11.8 Å². The molecular formula is C19H25N5O2S. The van der Waals surface area contributed by atoms with E-state index in [1.54, 1.807) is 0 Å². The van der Waals surface area contributed by atoms with Gasteiger partial charge in [0.2, 0.25) is 16.9 Å². The van der Waals surface area contributed by atoms with Crippen molar-refractivity contribution in [1.82, 2.24) is 15.1 Å². The largest absolute Gasteiger partial charge is 0.325 e. The summed E-state index contributed by atoms with van der Waals surface area (Å²) in [7, 11) is 0. The van der Waals surface area contributed by atoms with Gasteiger partial charge in [0.05, 0.1) is 6.54 Å². The van der Waals surface area contributed by atoms with Crippen molar-refractivity contribution in [2.24, 2.45) is 0 Å². The zero-order chi connectivity index (χ0) is 19.4. The Morgan fingerprint density at radius 3 is 2.59 bits per heavy atom. The third-order valence-corrected chi connectivity index (χ3v) is 5.23. The topological polar surface area (TPSA) is 87.2 Å². The van der Waals surface area contributed by atoms with Gasteiger partial charge in [0.25, 0.3) is 0 Å². The summed E-state index contributed by atoms with van der Waals surface area (Å²) in [4.78, 5) is 26.7. The van der Waals surface area contributed by atoms with Gasteiger partial charge in [0.15, 0.2) is 0 Å². The van der Waals surface area contributed by atoms with Crippen LogP contribution in [0.5, 0.6) is 0 Å². The standard InChI is InChI=1S/C19H25N5O2S/c1-12-4-5-13(2)16(10-12)20-18(26)11-24(15-6-7-15)9-8-17(25)21-19-23-22-14(3)27-19/h4-5,10,15H,6-9,11H2,1-3H3,(H,20,26)(H,21,23,25). The maximum absolute atomic E-state index is 12.5. The lowest BCUT2D eigenvalue weighted by atomic mass is 10.1. The van der Waals surface area contributed by atoms with Crippen molar-refractivity contribution in [2.75, 3.05) is 23.7 Å². The fraction of sp³-hybridized carbons (Fsp3) is 0.474. The molecule has 0 radical (unpaired) electrons. The van der Waals surface area contributed by atoms with Crippen LogP contribution < -0.4 is 10.6 Å². The molecule has 0 unspecified atom stereocenters. The molecular weight excluding hydrogens is 362 g/mol. The Hall–Kier alpha value is -2.32. The molecule has 144 valence electrons. The number of hydrogen-bond acceptors (Lipinski definition) is 6. The summed E-state index contributed by atoms with van der Waals surface area (Å²) in [5.41, 5.74) is 3.00. The predicted octanol–water partition coefficient (Wildman–Crippen LogP) is 2.90. The Morgan fingerprint density at radius 1 is 1.15 bits per heavy atom. The minimum Gasteiger partial charge on any atom is -0.325 e. The second kappa shape index (κ2) is 8.58. The fourth-order valence-corrected chi connectivity index (χ4v) is 3.46. The van der Waals surface area contributed by atoms with E-state index < -0.39 is 0 Å². The lowest BCUT2D eigenvalue weighted by Crippen LogP contribution is -2.37. The molecule has 1 aromatic heterocycles. The van der Waals surface area contributed by atoms with Gasteiger partial charge in [-0.1, -0.05) is 23.5 Å². The van der Waals surface area contributed by atoms with Gasteiger partial charge in [-0.25, -0.2) is 0 Å². The first-order valence-electron chi connectivity index (χ1n) is 9.12. The van der Waals surface area contributed by atoms with Crippen molar-refractivity contribution in [3.05, 3.63) is 34.3 Å². The Labute approximate surface area is 163 Å². The van der Waals surface area contributed by atoms with Crippen LogP contribution in [0.2, 0.25) is 0 Å². The number of aryl methyl sites for hydroxylation is 3. The smallest absolute Gasteiger partial charge is 0.238 e. The molecule has 0 bridgehead atoms. The molecule has 1 heterocycles. The minimum atomic E-state index is -0.105. The van der Waals surface area contributed by atoms with E-state index in [1.165, 1.54) is 11.3 Å². The molecule has 2 aromatic rings. The van der Waals surface area contributed by atoms with Gasteiger partial charge in [-0.2, -0.15) is 0 Å². The zero-order valence-corrected chi connectivity index (χ0v) is 16.7. The molecule has 3 rings (SSSR count). The van der Waals surface area contributed by atoms with Crippen molar-refractivity contribution in [3.63, 3.8) is 0 Å². The number of aromatic nitrogens is 2. The van der Waals surface area contributed by atoms with Crippen LogP contribution in [0.25, 0.3) is 0 Å². The summed E-state index contributed by atoms with van der Waals surface area (Å²) < 4.78 is 0. The number of hydrogen-bond donors (Lipinski definition) is 2. The molecule has 8 heteroatoms. The second-order valence-electron chi connectivity index (χ2n) is 6.99. The van der Waals surface area contributed by atoms with E-state index in [2.05, 4.69) is 25.7 Å². The number of nitrogens with zero attached hydrogens (tertiary/aromatic N) is 3. The second-order valence-corrected chi connectivity index (χ2v) is 8.17. The molecule has 1 saturated carbocycles. The van der Waals surface area contributed by atoms with Gasteiger partial charge in [-0.3, -0.25) is 14.5 Å². The number of carbonyl (C=O) groups is 2. The SMILES string of the molecule is Cc1ccc(C)c(NC(=O)CN(CCC(=O)Nc2nnc(C)s2)C2CC2)c1. The number of carbonyl (C=O) groups excluding carboxylic acids is 2. The Bertz CT molecular complexity index is 831. The molecule has 0 spiro atoms. The van der Waals surface area contributed by atoms with E-state index in [1.807, 2.05) is 39.0 Å². The molecule has 1 aromatic carbocycles. The minimum absolute atomic E-state index is 0.0456. The molecule has 7 nitrogen and oxygen atoms in total. The number of nitrogens with one attached hydrogen (secondary N) is 2. The third kappa shape index (κ3) is 5.83. The van der Waals surface area contributed by atoms with Gasteiger partial charge in [0, 0.05) is 24.7 Å². The average molecular weight is 388 g/mol. The van der Waals surface area contributed by atoms with Crippen molar-refractivity contribution in [2.45, 2.75) is 46.1 Å². The molecule has 27 heavy (non-hydrogen) atoms. The van der Waals surface area contributed by atoms with Gasteiger partial charge in [0.1, 0.15) is 5.01 Å². The number of amides is 2. The summed E-state index contributed by atoms with van der Waals surface area (Å²) in [5, 5.41) is 14.9. The van der Waals surface area contributed by atoms with Crippen LogP contribution in [0.3, 0.4) is 0 Å². The lowest BCUT2D eigenvalue weighted by molar-refractivity contribution is -0.119. The first kappa shape index (κ1) is 19.4. The summed E-state index contributed by atoms with van der Waals surface area (Å²) in [6.07, 6.45) is 2.48. The van der Waals surface area contributed by atoms with Crippen LogP contribution in [0, 0.1) is 20.8 Å². The average Bonchev–Trinajstić information content (AvgIpc) is 3.38. The van der Waals surface area contributed by atoms with E-state index in [4.69, 9.17) is 0 Å². The molecule has 1 aliphatic rings. The molecule has 0 atom stereocenters. The molecule has 2 N–H and O–H groups in total. The van der Waals surface area contributed by atoms with E-state index in [0.717, 1.165) is 34.7 Å². The predicted molar refractivity (Wildman–Crippen MR) is 107 cm³/mol. The van der Waals surface area contributed by atoms with E-state index in [0.29, 0.717) is 30.7 Å². The fourth-order valence-electron chi connectivity index (χ4n) is 2.85. The summed E-state index contributed by atoms with van der Waals surface area (Å²) in [6.45, 7) is 6.67. The summed E-state index contributed by atoms with van der Waals surface area (Å²) >= 11 is 1.35. The van der Waals surface area contributed by atoms with Crippen LogP contribution in [0.15, 0.2) is 18.2 Å². The number of benzene rings is 1. The first-order valence-corrected chi connectivity index (χ1v) is 9.93. The van der Waals surface area contributed by atoms with Crippen molar-refractivity contribution in [3.8, 4) is 0 Å². The molecule has 1 fully saturated rings. The molecule has 2 amide bonds. The van der Waals surface area contributed by atoms with Gasteiger partial charge >= 0.3 is 0 Å². The highest BCUT2D eigenvalue weighted by molar-refractivity contribution is 7.15. The Kier molecular flexibility index (Phi) is 6.18. The molecule has 1 aliphatic carbocycles. The highest BCUT2D eigenvalue weighted by atomic mass is 32.1. The van der Waals surface area contributed by atoms with Gasteiger partial charge in [-0.05, 0) is 50.8 Å². The zero-order valence-electron chi connectivity index (χ0n) is 15.9. The van der Waals surface area contributed by atoms with Crippen LogP contribution in [0.1, 0.15) is 35.4 Å². The molecule has 0 aliphatic heterocycles. The highest BCUT2D eigenvalue weighted by Crippen LogP contribution is 2.27. The van der Waals surface area contributed by atoms with E-state index >= 15 is 0 Å². The highest BCUT2D eigenvalue weighted by Gasteiger charge is 2.30. The van der Waals surface area contributed by atoms with E-state index in [9.17, 15) is 9.59 Å². The molecule has 0 saturated heterocycles. The lowest BCUT2D eigenvalue weighted by Gasteiger charge is -2.21. The Balaban J connectivity index is 1.50. The van der Waals surface area contributed by atoms with Gasteiger partial charge < -0.3 is 10.6 Å².